The Bertz CT molecular complexity index is 473. The average molecular weight is 293 g/mol. The topological polar surface area (TPSA) is 64.6 Å². The Labute approximate surface area is 125 Å². The highest BCUT2D eigenvalue weighted by molar-refractivity contribution is 5.78. The smallest absolute Gasteiger partial charge is 0.307 e. The van der Waals surface area contributed by atoms with Gasteiger partial charge in [0, 0.05) is 12.5 Å². The van der Waals surface area contributed by atoms with Crippen molar-refractivity contribution in [2.24, 2.45) is 0 Å². The number of ether oxygens (including phenoxy) is 2. The fourth-order valence-corrected chi connectivity index (χ4v) is 2.04. The van der Waals surface area contributed by atoms with Crippen LogP contribution in [0.5, 0.6) is 5.75 Å². The van der Waals surface area contributed by atoms with E-state index < -0.39 is 0 Å². The minimum atomic E-state index is -0.313. The van der Waals surface area contributed by atoms with Gasteiger partial charge in [-0.05, 0) is 24.5 Å². The quantitative estimate of drug-likeness (QED) is 0.745. The van der Waals surface area contributed by atoms with Crippen LogP contribution in [0.25, 0.3) is 0 Å². The summed E-state index contributed by atoms with van der Waals surface area (Å²) in [5.74, 6) is 0.399. The molecule has 5 heteroatoms. The van der Waals surface area contributed by atoms with Gasteiger partial charge in [0.1, 0.15) is 5.75 Å². The average Bonchev–Trinajstić information content (AvgIpc) is 2.52. The first-order valence-electron chi connectivity index (χ1n) is 7.08. The van der Waals surface area contributed by atoms with Crippen molar-refractivity contribution in [2.75, 3.05) is 14.2 Å². The number of hydrogen-bond acceptors (Lipinski definition) is 4. The molecule has 0 heterocycles. The van der Waals surface area contributed by atoms with Crippen molar-refractivity contribution in [3.8, 4) is 5.75 Å². The first kappa shape index (κ1) is 17.0. The Kier molecular flexibility index (Phi) is 7.29. The maximum absolute atomic E-state index is 12.0. The lowest BCUT2D eigenvalue weighted by molar-refractivity contribution is -0.141. The second-order valence-electron chi connectivity index (χ2n) is 4.76. The number of carbonyl (C=O) groups excluding carboxylic acids is 2. The molecule has 0 radical (unpaired) electrons. The van der Waals surface area contributed by atoms with E-state index >= 15 is 0 Å². The Hall–Kier alpha value is -2.04. The van der Waals surface area contributed by atoms with Gasteiger partial charge in [-0.25, -0.2) is 0 Å². The molecule has 1 N–H and O–H groups in total. The van der Waals surface area contributed by atoms with E-state index in [9.17, 15) is 9.59 Å². The van der Waals surface area contributed by atoms with Crippen molar-refractivity contribution in [1.82, 2.24) is 5.32 Å². The van der Waals surface area contributed by atoms with Crippen LogP contribution in [0, 0.1) is 0 Å². The summed E-state index contributed by atoms with van der Waals surface area (Å²) in [6.45, 7) is 1.92. The minimum absolute atomic E-state index is 0.0725. The lowest BCUT2D eigenvalue weighted by Gasteiger charge is -2.16. The van der Waals surface area contributed by atoms with Crippen LogP contribution in [0.3, 0.4) is 0 Å². The molecule has 0 saturated heterocycles. The lowest BCUT2D eigenvalue weighted by Crippen LogP contribution is -2.36. The van der Waals surface area contributed by atoms with Crippen LogP contribution in [0.15, 0.2) is 24.3 Å². The number of benzene rings is 1. The molecule has 1 atom stereocenters. The molecule has 21 heavy (non-hydrogen) atoms. The molecule has 1 aromatic rings. The van der Waals surface area contributed by atoms with Gasteiger partial charge < -0.3 is 14.8 Å². The van der Waals surface area contributed by atoms with Crippen molar-refractivity contribution in [1.29, 1.82) is 0 Å². The molecule has 0 spiro atoms. The van der Waals surface area contributed by atoms with Gasteiger partial charge in [-0.2, -0.15) is 0 Å². The molecule has 0 fully saturated rings. The van der Waals surface area contributed by atoms with Gasteiger partial charge in [0.25, 0.3) is 0 Å². The van der Waals surface area contributed by atoms with E-state index in [1.165, 1.54) is 7.11 Å². The Morgan fingerprint density at radius 3 is 2.57 bits per heavy atom. The number of para-hydroxylation sites is 1. The lowest BCUT2D eigenvalue weighted by atomic mass is 10.1. The molecule has 0 aliphatic heterocycles. The fourth-order valence-electron chi connectivity index (χ4n) is 2.04. The van der Waals surface area contributed by atoms with Crippen LogP contribution in [0.1, 0.15) is 31.7 Å². The molecule has 116 valence electrons. The Morgan fingerprint density at radius 1 is 1.24 bits per heavy atom. The van der Waals surface area contributed by atoms with Crippen LogP contribution in [-0.4, -0.2) is 32.1 Å². The molecule has 0 bridgehead atoms. The van der Waals surface area contributed by atoms with Gasteiger partial charge in [-0.15, -0.1) is 0 Å². The summed E-state index contributed by atoms with van der Waals surface area (Å²) < 4.78 is 9.87. The summed E-state index contributed by atoms with van der Waals surface area (Å²) in [7, 11) is 2.96. The van der Waals surface area contributed by atoms with E-state index in [-0.39, 0.29) is 24.3 Å². The van der Waals surface area contributed by atoms with Crippen molar-refractivity contribution in [3.05, 3.63) is 29.8 Å². The molecular formula is C16H23NO4. The van der Waals surface area contributed by atoms with Crippen LogP contribution >= 0.6 is 0 Å². The summed E-state index contributed by atoms with van der Waals surface area (Å²) >= 11 is 0. The van der Waals surface area contributed by atoms with Crippen LogP contribution in [-0.2, 0) is 20.7 Å². The second kappa shape index (κ2) is 9.00. The zero-order valence-electron chi connectivity index (χ0n) is 12.8. The number of nitrogens with one attached hydrogen (secondary N) is 1. The number of hydrogen-bond donors (Lipinski definition) is 1. The summed E-state index contributed by atoms with van der Waals surface area (Å²) in [5, 5.41) is 2.86. The number of esters is 1. The highest BCUT2D eigenvalue weighted by Gasteiger charge is 2.15. The Morgan fingerprint density at radius 2 is 1.95 bits per heavy atom. The summed E-state index contributed by atoms with van der Waals surface area (Å²) in [6.07, 6.45) is 1.85. The zero-order chi connectivity index (χ0) is 15.7. The number of aryl methyl sites for hydroxylation is 1. The van der Waals surface area contributed by atoms with Gasteiger partial charge >= 0.3 is 5.97 Å². The van der Waals surface area contributed by atoms with E-state index in [1.54, 1.807) is 7.11 Å². The predicted molar refractivity (Wildman–Crippen MR) is 80.2 cm³/mol. The molecule has 0 aromatic heterocycles. The van der Waals surface area contributed by atoms with Crippen LogP contribution < -0.4 is 10.1 Å². The van der Waals surface area contributed by atoms with Gasteiger partial charge in [0.2, 0.25) is 5.91 Å². The van der Waals surface area contributed by atoms with E-state index in [0.29, 0.717) is 19.3 Å². The molecule has 0 aliphatic carbocycles. The molecule has 5 nitrogen and oxygen atoms in total. The van der Waals surface area contributed by atoms with E-state index in [2.05, 4.69) is 10.1 Å². The molecular weight excluding hydrogens is 270 g/mol. The normalized spacial score (nSPS) is 11.6. The van der Waals surface area contributed by atoms with E-state index in [0.717, 1.165) is 11.3 Å². The molecule has 1 amide bonds. The first-order valence-corrected chi connectivity index (χ1v) is 7.08. The molecule has 0 aliphatic rings. The monoisotopic (exact) mass is 293 g/mol. The first-order chi connectivity index (χ1) is 10.1. The van der Waals surface area contributed by atoms with Crippen molar-refractivity contribution in [2.45, 2.75) is 38.6 Å². The molecule has 1 rings (SSSR count). The number of amides is 1. The van der Waals surface area contributed by atoms with Crippen LogP contribution in [0.2, 0.25) is 0 Å². The van der Waals surface area contributed by atoms with Crippen molar-refractivity contribution in [3.63, 3.8) is 0 Å². The maximum Gasteiger partial charge on any atom is 0.307 e. The third kappa shape index (κ3) is 5.85. The van der Waals surface area contributed by atoms with Crippen molar-refractivity contribution < 1.29 is 19.1 Å². The highest BCUT2D eigenvalue weighted by Crippen LogP contribution is 2.18. The van der Waals surface area contributed by atoms with Gasteiger partial charge in [0.05, 0.1) is 20.6 Å². The van der Waals surface area contributed by atoms with Gasteiger partial charge in [-0.3, -0.25) is 9.59 Å². The predicted octanol–water partition coefficient (Wildman–Crippen LogP) is 2.09. The van der Waals surface area contributed by atoms with E-state index in [4.69, 9.17) is 4.74 Å². The summed E-state index contributed by atoms with van der Waals surface area (Å²) in [5.41, 5.74) is 0.996. The summed E-state index contributed by atoms with van der Waals surface area (Å²) in [4.78, 5) is 23.2. The van der Waals surface area contributed by atoms with Crippen molar-refractivity contribution >= 4 is 11.9 Å². The van der Waals surface area contributed by atoms with Gasteiger partial charge in [0.15, 0.2) is 0 Å². The third-order valence-electron chi connectivity index (χ3n) is 3.31. The second-order valence-corrected chi connectivity index (χ2v) is 4.76. The number of methoxy groups -OCH3 is 2. The van der Waals surface area contributed by atoms with Gasteiger partial charge in [-0.1, -0.05) is 25.1 Å². The SMILES string of the molecule is CCC(CC(=O)OC)NC(=O)CCc1ccccc1OC. The standard InChI is InChI=1S/C16H23NO4/c1-4-13(11-16(19)21-3)17-15(18)10-9-12-7-5-6-8-14(12)20-2/h5-8,13H,4,9-11H2,1-3H3,(H,17,18). The molecule has 1 unspecified atom stereocenters. The fraction of sp³-hybridized carbons (Fsp3) is 0.500. The van der Waals surface area contributed by atoms with Crippen LogP contribution in [0.4, 0.5) is 0 Å². The highest BCUT2D eigenvalue weighted by atomic mass is 16.5. The Balaban J connectivity index is 2.47. The number of carbonyl (C=O) groups is 2. The van der Waals surface area contributed by atoms with E-state index in [1.807, 2.05) is 31.2 Å². The molecule has 0 saturated carbocycles. The minimum Gasteiger partial charge on any atom is -0.496 e. The largest absolute Gasteiger partial charge is 0.496 e. The number of rotatable bonds is 8. The summed E-state index contributed by atoms with van der Waals surface area (Å²) in [6, 6.07) is 7.45. The zero-order valence-corrected chi connectivity index (χ0v) is 12.8. The maximum atomic E-state index is 12.0. The third-order valence-corrected chi connectivity index (χ3v) is 3.31. The molecule has 1 aromatic carbocycles.